The number of carboxylic acids is 1. The zero-order valence-corrected chi connectivity index (χ0v) is 12.6. The van der Waals surface area contributed by atoms with E-state index in [1.54, 1.807) is 0 Å². The van der Waals surface area contributed by atoms with Crippen molar-refractivity contribution in [2.24, 2.45) is 5.41 Å². The fourth-order valence-electron chi connectivity index (χ4n) is 2.54. The predicted molar refractivity (Wildman–Crippen MR) is 75.0 cm³/mol. The van der Waals surface area contributed by atoms with Crippen LogP contribution in [0.3, 0.4) is 0 Å². The summed E-state index contributed by atoms with van der Waals surface area (Å²) in [6.07, 6.45) is 0.271. The quantitative estimate of drug-likeness (QED) is 0.851. The topological polar surface area (TPSA) is 76.1 Å². The highest BCUT2D eigenvalue weighted by atomic mass is 19.1. The van der Waals surface area contributed by atoms with Crippen molar-refractivity contribution in [1.29, 1.82) is 0 Å². The maximum Gasteiger partial charge on any atom is 0.313 e. The Kier molecular flexibility index (Phi) is 5.15. The predicted octanol–water partition coefficient (Wildman–Crippen LogP) is 1.29. The fourth-order valence-corrected chi connectivity index (χ4v) is 2.54. The van der Waals surface area contributed by atoms with Gasteiger partial charge in [0.2, 0.25) is 0 Å². The zero-order valence-electron chi connectivity index (χ0n) is 12.6. The Bertz CT molecular complexity index is 610. The van der Waals surface area contributed by atoms with Crippen molar-refractivity contribution in [1.82, 2.24) is 4.90 Å². The number of benzene rings is 1. The SMILES string of the molecule is COCC1(C(=O)O)CCN(C(=O)COc2ccc(F)cc2F)C1. The highest BCUT2D eigenvalue weighted by molar-refractivity contribution is 5.81. The summed E-state index contributed by atoms with van der Waals surface area (Å²) in [6.45, 7) is -0.196. The molecule has 1 heterocycles. The molecular formula is C15H17F2NO5. The molecule has 0 bridgehead atoms. The minimum atomic E-state index is -1.13. The van der Waals surface area contributed by atoms with Gasteiger partial charge in [-0.15, -0.1) is 0 Å². The van der Waals surface area contributed by atoms with Crippen LogP contribution in [0.5, 0.6) is 5.75 Å². The molecule has 1 N–H and O–H groups in total. The summed E-state index contributed by atoms with van der Waals surface area (Å²) in [7, 11) is 1.40. The zero-order chi connectivity index (χ0) is 17.0. The average molecular weight is 329 g/mol. The Morgan fingerprint density at radius 3 is 2.74 bits per heavy atom. The van der Waals surface area contributed by atoms with Gasteiger partial charge in [-0.2, -0.15) is 0 Å². The summed E-state index contributed by atoms with van der Waals surface area (Å²) in [5.74, 6) is -3.38. The number of likely N-dealkylation sites (tertiary alicyclic amines) is 1. The van der Waals surface area contributed by atoms with Crippen molar-refractivity contribution in [2.45, 2.75) is 6.42 Å². The lowest BCUT2D eigenvalue weighted by atomic mass is 9.88. The van der Waals surface area contributed by atoms with Crippen molar-refractivity contribution in [3.63, 3.8) is 0 Å². The van der Waals surface area contributed by atoms with Gasteiger partial charge in [0.25, 0.3) is 5.91 Å². The third-order valence-corrected chi connectivity index (χ3v) is 3.83. The molecule has 1 aromatic rings. The van der Waals surface area contributed by atoms with Crippen LogP contribution in [-0.4, -0.2) is 55.3 Å². The largest absolute Gasteiger partial charge is 0.481 e. The molecule has 1 saturated heterocycles. The summed E-state index contributed by atoms with van der Waals surface area (Å²) < 4.78 is 36.2. The number of nitrogens with zero attached hydrogens (tertiary/aromatic N) is 1. The van der Waals surface area contributed by atoms with Crippen LogP contribution in [0, 0.1) is 17.0 Å². The molecule has 0 aromatic heterocycles. The van der Waals surface area contributed by atoms with E-state index in [1.165, 1.54) is 12.0 Å². The lowest BCUT2D eigenvalue weighted by molar-refractivity contribution is -0.151. The number of aliphatic carboxylic acids is 1. The number of carboxylic acid groups (broad SMARTS) is 1. The Morgan fingerprint density at radius 2 is 2.13 bits per heavy atom. The molecule has 1 aliphatic rings. The summed E-state index contributed by atoms with van der Waals surface area (Å²) in [4.78, 5) is 24.8. The molecule has 1 aliphatic heterocycles. The van der Waals surface area contributed by atoms with Gasteiger partial charge in [-0.25, -0.2) is 8.78 Å². The Hall–Kier alpha value is -2.22. The van der Waals surface area contributed by atoms with Crippen LogP contribution in [0.4, 0.5) is 8.78 Å². The first-order valence-electron chi connectivity index (χ1n) is 6.96. The molecule has 1 atom stereocenters. The van der Waals surface area contributed by atoms with Gasteiger partial charge in [-0.1, -0.05) is 0 Å². The molecule has 23 heavy (non-hydrogen) atoms. The van der Waals surface area contributed by atoms with Crippen molar-refractivity contribution in [2.75, 3.05) is 33.4 Å². The van der Waals surface area contributed by atoms with E-state index in [1.807, 2.05) is 0 Å². The minimum Gasteiger partial charge on any atom is -0.481 e. The van der Waals surface area contributed by atoms with Crippen molar-refractivity contribution < 1.29 is 33.0 Å². The normalized spacial score (nSPS) is 20.6. The molecule has 0 aliphatic carbocycles. The van der Waals surface area contributed by atoms with E-state index >= 15 is 0 Å². The molecular weight excluding hydrogens is 312 g/mol. The molecule has 126 valence electrons. The number of hydrogen-bond donors (Lipinski definition) is 1. The molecule has 1 fully saturated rings. The number of carbonyl (C=O) groups excluding carboxylic acids is 1. The second kappa shape index (κ2) is 6.91. The monoisotopic (exact) mass is 329 g/mol. The number of amides is 1. The maximum atomic E-state index is 13.4. The second-order valence-corrected chi connectivity index (χ2v) is 5.45. The van der Waals surface area contributed by atoms with E-state index in [0.717, 1.165) is 12.1 Å². The van der Waals surface area contributed by atoms with Crippen LogP contribution >= 0.6 is 0 Å². The van der Waals surface area contributed by atoms with E-state index in [-0.39, 0.29) is 31.9 Å². The van der Waals surface area contributed by atoms with Gasteiger partial charge in [0.1, 0.15) is 11.2 Å². The number of methoxy groups -OCH3 is 1. The van der Waals surface area contributed by atoms with Crippen molar-refractivity contribution in [3.05, 3.63) is 29.8 Å². The first kappa shape index (κ1) is 17.1. The molecule has 6 nitrogen and oxygen atoms in total. The number of halogens is 2. The minimum absolute atomic E-state index is 0.000436. The molecule has 0 saturated carbocycles. The number of hydrogen-bond acceptors (Lipinski definition) is 4. The lowest BCUT2D eigenvalue weighted by Gasteiger charge is -2.23. The van der Waals surface area contributed by atoms with E-state index < -0.39 is 35.5 Å². The summed E-state index contributed by atoms with van der Waals surface area (Å²) in [5, 5.41) is 9.33. The van der Waals surface area contributed by atoms with E-state index in [9.17, 15) is 23.5 Å². The molecule has 2 rings (SSSR count). The lowest BCUT2D eigenvalue weighted by Crippen LogP contribution is -2.41. The number of rotatable bonds is 6. The van der Waals surface area contributed by atoms with Crippen molar-refractivity contribution in [3.8, 4) is 5.75 Å². The highest BCUT2D eigenvalue weighted by Gasteiger charge is 2.46. The van der Waals surface area contributed by atoms with E-state index in [4.69, 9.17) is 9.47 Å². The van der Waals surface area contributed by atoms with Gasteiger partial charge in [0.05, 0.1) is 6.61 Å². The van der Waals surface area contributed by atoms with E-state index in [2.05, 4.69) is 0 Å². The van der Waals surface area contributed by atoms with Crippen LogP contribution < -0.4 is 4.74 Å². The highest BCUT2D eigenvalue weighted by Crippen LogP contribution is 2.31. The molecule has 1 aromatic carbocycles. The van der Waals surface area contributed by atoms with Gasteiger partial charge < -0.3 is 19.5 Å². The molecule has 0 radical (unpaired) electrons. The Balaban J connectivity index is 1.95. The van der Waals surface area contributed by atoms with E-state index in [0.29, 0.717) is 6.07 Å². The van der Waals surface area contributed by atoms with Crippen LogP contribution in [0.1, 0.15) is 6.42 Å². The number of carbonyl (C=O) groups is 2. The molecule has 0 spiro atoms. The summed E-state index contributed by atoms with van der Waals surface area (Å²) >= 11 is 0. The molecule has 8 heteroatoms. The standard InChI is InChI=1S/C15H17F2NO5/c1-22-9-15(14(20)21)4-5-18(8-15)13(19)7-23-12-3-2-10(16)6-11(12)17/h2-3,6H,4-5,7-9H2,1H3,(H,20,21). The summed E-state index contributed by atoms with van der Waals surface area (Å²) in [5.41, 5.74) is -1.13. The van der Waals surface area contributed by atoms with Gasteiger partial charge in [-0.3, -0.25) is 9.59 Å². The smallest absolute Gasteiger partial charge is 0.313 e. The van der Waals surface area contributed by atoms with Crippen molar-refractivity contribution >= 4 is 11.9 Å². The van der Waals surface area contributed by atoms with Crippen LogP contribution in [0.15, 0.2) is 18.2 Å². The maximum absolute atomic E-state index is 13.4. The molecule has 1 unspecified atom stereocenters. The Labute approximate surface area is 131 Å². The third-order valence-electron chi connectivity index (χ3n) is 3.83. The second-order valence-electron chi connectivity index (χ2n) is 5.45. The van der Waals surface area contributed by atoms with Gasteiger partial charge in [0, 0.05) is 26.3 Å². The van der Waals surface area contributed by atoms with Crippen LogP contribution in [0.25, 0.3) is 0 Å². The fraction of sp³-hybridized carbons (Fsp3) is 0.467. The first-order chi connectivity index (χ1) is 10.9. The average Bonchev–Trinajstić information content (AvgIpc) is 2.92. The Morgan fingerprint density at radius 1 is 1.39 bits per heavy atom. The van der Waals surface area contributed by atoms with Gasteiger partial charge in [0.15, 0.2) is 18.2 Å². The number of ether oxygens (including phenoxy) is 2. The third kappa shape index (κ3) is 3.76. The molecule has 1 amide bonds. The van der Waals surface area contributed by atoms with Crippen LogP contribution in [-0.2, 0) is 14.3 Å². The summed E-state index contributed by atoms with van der Waals surface area (Å²) in [6, 6.07) is 2.77. The van der Waals surface area contributed by atoms with Gasteiger partial charge >= 0.3 is 5.97 Å². The van der Waals surface area contributed by atoms with Gasteiger partial charge in [-0.05, 0) is 18.6 Å². The van der Waals surface area contributed by atoms with Crippen LogP contribution in [0.2, 0.25) is 0 Å². The first-order valence-corrected chi connectivity index (χ1v) is 6.96.